The molecule has 13 fully saturated rings. The van der Waals surface area contributed by atoms with Gasteiger partial charge >= 0.3 is 0 Å². The van der Waals surface area contributed by atoms with Crippen LogP contribution in [0.3, 0.4) is 0 Å². The zero-order valence-electron chi connectivity index (χ0n) is 33.9. The highest BCUT2D eigenvalue weighted by Crippen LogP contribution is 2.77. The third-order valence-electron chi connectivity index (χ3n) is 18.1. The van der Waals surface area contributed by atoms with Crippen molar-refractivity contribution >= 4 is 39.1 Å². The minimum atomic E-state index is -2.21. The molecule has 5 saturated heterocycles. The van der Waals surface area contributed by atoms with E-state index < -0.39 is 115 Å². The number of halogens is 1. The Bertz CT molecular complexity index is 1880. The Morgan fingerprint density at radius 1 is 0.655 bits per heavy atom. The van der Waals surface area contributed by atoms with Crippen molar-refractivity contribution in [2.24, 2.45) is 68.0 Å². The van der Waals surface area contributed by atoms with Crippen LogP contribution in [0.1, 0.15) is 85.5 Å². The van der Waals surface area contributed by atoms with Crippen LogP contribution in [0, 0.1) is 68.0 Å². The molecule has 8 bridgehead atoms. The van der Waals surface area contributed by atoms with E-state index in [1.165, 1.54) is 12.8 Å². The normalized spacial score (nSPS) is 54.8. The molecule has 1 unspecified atom stereocenters. The number of ether oxygens (including phenoxy) is 3. The van der Waals surface area contributed by atoms with Crippen molar-refractivity contribution in [2.75, 3.05) is 26.4 Å². The summed E-state index contributed by atoms with van der Waals surface area (Å²) in [6, 6.07) is 0. The minimum Gasteiger partial charge on any atom is -0.391 e. The molecule has 5 heterocycles. The highest BCUT2D eigenvalue weighted by atomic mass is 79.9. The predicted octanol–water partition coefficient (Wildman–Crippen LogP) is 2.34. The molecule has 13 nitrogen and oxygen atoms in total. The van der Waals surface area contributed by atoms with E-state index in [4.69, 9.17) is 14.2 Å². The van der Waals surface area contributed by atoms with Crippen LogP contribution in [0.5, 0.6) is 0 Å². The van der Waals surface area contributed by atoms with Gasteiger partial charge in [0.05, 0.1) is 41.1 Å². The lowest BCUT2D eigenvalue weighted by atomic mass is 9.36. The molecule has 0 amide bonds. The number of fused-ring (bicyclic) bond motifs is 4. The first-order chi connectivity index (χ1) is 27.0. The molecule has 8 aliphatic carbocycles. The molecule has 17 atom stereocenters. The maximum atomic E-state index is 13.6. The van der Waals surface area contributed by atoms with E-state index in [0.29, 0.717) is 44.9 Å². The minimum absolute atomic E-state index is 0.00293. The number of aliphatic hydroxyl groups excluding tert-OH is 4. The Morgan fingerprint density at radius 2 is 1.10 bits per heavy atom. The molecule has 8 saturated carbocycles. The van der Waals surface area contributed by atoms with Gasteiger partial charge in [0.25, 0.3) is 0 Å². The molecular weight excluding hydrogens is 816 g/mol. The molecule has 320 valence electrons. The smallest absolute Gasteiger partial charge is 0.208 e. The van der Waals surface area contributed by atoms with Gasteiger partial charge in [-0.15, -0.1) is 0 Å². The molecular formula is C44H59BrO13. The number of rotatable bonds is 0. The number of carbonyl (C=O) groups excluding carboxylic acids is 4. The summed E-state index contributed by atoms with van der Waals surface area (Å²) in [5.41, 5.74) is -5.86. The van der Waals surface area contributed by atoms with Crippen molar-refractivity contribution in [3.8, 4) is 0 Å². The van der Waals surface area contributed by atoms with Gasteiger partial charge in [0.1, 0.15) is 28.8 Å². The molecule has 14 heteroatoms. The Balaban J connectivity index is 0.000000134. The first kappa shape index (κ1) is 41.6. The fraction of sp³-hybridized carbons (Fsp3) is 0.818. The lowest BCUT2D eigenvalue weighted by Crippen LogP contribution is -2.85. The van der Waals surface area contributed by atoms with Gasteiger partial charge in [0.2, 0.25) is 11.6 Å². The molecule has 0 aromatic carbocycles. The van der Waals surface area contributed by atoms with Crippen molar-refractivity contribution in [1.29, 1.82) is 0 Å². The maximum Gasteiger partial charge on any atom is 0.208 e. The molecule has 0 radical (unpaired) electrons. The van der Waals surface area contributed by atoms with E-state index in [-0.39, 0.29) is 41.3 Å². The highest BCUT2D eigenvalue weighted by Gasteiger charge is 2.89. The third-order valence-corrected chi connectivity index (χ3v) is 18.8. The van der Waals surface area contributed by atoms with E-state index in [0.717, 1.165) is 13.2 Å². The van der Waals surface area contributed by atoms with Crippen LogP contribution in [-0.2, 0) is 33.4 Å². The summed E-state index contributed by atoms with van der Waals surface area (Å²) >= 11 is 3.51. The number of Topliss-reactive ketones (excluding diaryl/α,β-unsaturated/α-hetero) is 4. The van der Waals surface area contributed by atoms with Gasteiger partial charge in [-0.05, 0) is 85.2 Å². The number of hydrogen-bond donors (Lipinski definition) is 6. The zero-order chi connectivity index (χ0) is 42.1. The zero-order valence-corrected chi connectivity index (χ0v) is 35.5. The van der Waals surface area contributed by atoms with Crippen LogP contribution < -0.4 is 0 Å². The molecule has 13 aliphatic rings. The predicted molar refractivity (Wildman–Crippen MR) is 207 cm³/mol. The lowest BCUT2D eigenvalue weighted by molar-refractivity contribution is -0.437. The summed E-state index contributed by atoms with van der Waals surface area (Å²) in [6.45, 7) is 17.7. The Morgan fingerprint density at radius 3 is 1.57 bits per heavy atom. The number of aliphatic hydroxyl groups is 6. The summed E-state index contributed by atoms with van der Waals surface area (Å²) in [5, 5.41) is 68.0. The van der Waals surface area contributed by atoms with Gasteiger partial charge in [-0.2, -0.15) is 0 Å². The molecule has 13 rings (SSSR count). The highest BCUT2D eigenvalue weighted by molar-refractivity contribution is 9.10. The van der Waals surface area contributed by atoms with Crippen molar-refractivity contribution in [3.05, 3.63) is 24.3 Å². The lowest BCUT2D eigenvalue weighted by Gasteiger charge is -2.73. The van der Waals surface area contributed by atoms with Crippen molar-refractivity contribution in [3.63, 3.8) is 0 Å². The standard InChI is InChI=1S/C20H25BrO6.C20H26O6.C4H8O/c1-8-9-4-5-11-18-7-27-20(26,19(11,13(8)22)14(9)23)16(25)12(18)17(2,3)6-10(21)15(18)24;1-9-10-4-5-11-18-8-26-20(25,19(11,14(9)22)15(10)23)16(24)13(18)17(2,3)7-6-12(18)21;1-2-4-5-3-1/h9-12,14,16,23,25-26H,1,4-7H2,2-3H3;10-11,13,15-16,23-25H,1,4-8H2,2-3H3;1-4H2/t9-,10?,11-,12+,14+,16-,18-,19-,20-;10-,11-,13+,15+,16-,18+,19-,20-;/m00./s1. The largest absolute Gasteiger partial charge is 0.391 e. The molecule has 0 aromatic rings. The Kier molecular flexibility index (Phi) is 9.11. The second-order valence-electron chi connectivity index (χ2n) is 21.0. The van der Waals surface area contributed by atoms with E-state index in [1.54, 1.807) is 0 Å². The van der Waals surface area contributed by atoms with Crippen LogP contribution in [0.2, 0.25) is 0 Å². The van der Waals surface area contributed by atoms with Crippen molar-refractivity contribution in [1.82, 2.24) is 0 Å². The van der Waals surface area contributed by atoms with Crippen LogP contribution in [-0.4, -0.2) is 121 Å². The first-order valence-electron chi connectivity index (χ1n) is 21.3. The molecule has 0 aromatic heterocycles. The number of alkyl halides is 1. The number of hydrogen-bond acceptors (Lipinski definition) is 13. The molecule has 6 N–H and O–H groups in total. The summed E-state index contributed by atoms with van der Waals surface area (Å²) in [7, 11) is 0. The van der Waals surface area contributed by atoms with Gasteiger partial charge in [0.15, 0.2) is 17.3 Å². The van der Waals surface area contributed by atoms with Gasteiger partial charge in [-0.1, -0.05) is 56.8 Å². The quantitative estimate of drug-likeness (QED) is 0.152. The summed E-state index contributed by atoms with van der Waals surface area (Å²) in [4.78, 5) is 53.1. The van der Waals surface area contributed by atoms with Crippen molar-refractivity contribution < 1.29 is 64.0 Å². The third kappa shape index (κ3) is 4.35. The maximum absolute atomic E-state index is 13.6. The number of ketones is 4. The van der Waals surface area contributed by atoms with E-state index in [1.807, 2.05) is 27.7 Å². The monoisotopic (exact) mass is 874 g/mol. The second-order valence-corrected chi connectivity index (χ2v) is 22.1. The van der Waals surface area contributed by atoms with Crippen LogP contribution in [0.25, 0.3) is 0 Å². The Labute approximate surface area is 347 Å². The van der Waals surface area contributed by atoms with Gasteiger partial charge in [-0.25, -0.2) is 0 Å². The van der Waals surface area contributed by atoms with Crippen molar-refractivity contribution in [2.45, 2.75) is 126 Å². The topological polar surface area (TPSA) is 217 Å². The fourth-order valence-electron chi connectivity index (χ4n) is 15.9. The summed E-state index contributed by atoms with van der Waals surface area (Å²) < 4.78 is 16.5. The SMILES string of the molecule is C1CCOC1.C=C1C(=O)[C@]23[C@H](O)[C@H]1CC[C@H]2[C@@]12CO[C@@]3(O)[C@@H](O)[C@@H]1C(C)(C)CC(Br)C2=O.C=C1C(=O)[C@]23[C@H](O)[C@H]1CC[C@H]2[C@@]12CO[C@@]3(O)[C@@H](O)[C@@H]1C(C)(C)CCC2=O. The molecule has 4 spiro atoms. The average Bonchev–Trinajstić information content (AvgIpc) is 3.81. The number of carbonyl (C=O) groups is 4. The van der Waals surface area contributed by atoms with Gasteiger partial charge < -0.3 is 44.8 Å². The van der Waals surface area contributed by atoms with Crippen LogP contribution in [0.15, 0.2) is 24.3 Å². The van der Waals surface area contributed by atoms with E-state index in [2.05, 4.69) is 29.1 Å². The van der Waals surface area contributed by atoms with E-state index >= 15 is 0 Å². The van der Waals surface area contributed by atoms with Gasteiger partial charge in [-0.3, -0.25) is 19.2 Å². The fourth-order valence-corrected chi connectivity index (χ4v) is 17.1. The molecule has 5 aliphatic heterocycles. The van der Waals surface area contributed by atoms with Crippen LogP contribution >= 0.6 is 15.9 Å². The van der Waals surface area contributed by atoms with E-state index in [9.17, 15) is 49.8 Å². The van der Waals surface area contributed by atoms with Crippen LogP contribution in [0.4, 0.5) is 0 Å². The Hall–Kier alpha value is -1.72. The van der Waals surface area contributed by atoms with Gasteiger partial charge in [0, 0.05) is 43.3 Å². The second kappa shape index (κ2) is 12.7. The summed E-state index contributed by atoms with van der Waals surface area (Å²) in [6.07, 6.45) is 0.989. The first-order valence-corrected chi connectivity index (χ1v) is 22.2. The summed E-state index contributed by atoms with van der Waals surface area (Å²) in [5.74, 6) is -8.47. The molecule has 58 heavy (non-hydrogen) atoms. The average molecular weight is 876 g/mol.